The first-order valence-corrected chi connectivity index (χ1v) is 10.6. The van der Waals surface area contributed by atoms with Crippen molar-refractivity contribution in [3.63, 3.8) is 0 Å². The number of rotatable bonds is 6. The van der Waals surface area contributed by atoms with Gasteiger partial charge in [-0.05, 0) is 30.5 Å². The maximum absolute atomic E-state index is 13.1. The minimum atomic E-state index is -3.72. The van der Waals surface area contributed by atoms with Crippen LogP contribution < -0.4 is 14.8 Å². The Balaban J connectivity index is 1.91. The summed E-state index contributed by atoms with van der Waals surface area (Å²) in [5, 5.41) is 2.78. The molecule has 3 rings (SSSR count). The number of aromatic nitrogens is 1. The first kappa shape index (κ1) is 19.6. The average Bonchev–Trinajstić information content (AvgIpc) is 3.30. The summed E-state index contributed by atoms with van der Waals surface area (Å²) in [7, 11) is -0.617. The van der Waals surface area contributed by atoms with E-state index in [1.807, 2.05) is 12.1 Å². The van der Waals surface area contributed by atoms with Crippen LogP contribution in [0.5, 0.6) is 11.5 Å². The first-order valence-electron chi connectivity index (χ1n) is 8.34. The Kier molecular flexibility index (Phi) is 5.68. The van der Waals surface area contributed by atoms with E-state index in [1.54, 1.807) is 20.3 Å². The predicted molar refractivity (Wildman–Crippen MR) is 102 cm³/mol. The quantitative estimate of drug-likeness (QED) is 0.785. The van der Waals surface area contributed by atoms with Gasteiger partial charge >= 0.3 is 0 Å². The number of sulfonamides is 1. The molecule has 2 aromatic rings. The number of hydrogen-bond acceptors (Lipinski definition) is 7. The zero-order chi connectivity index (χ0) is 19.6. The molecule has 8 nitrogen and oxygen atoms in total. The first-order chi connectivity index (χ1) is 12.9. The molecule has 1 aromatic heterocycles. The van der Waals surface area contributed by atoms with Crippen molar-refractivity contribution in [2.75, 3.05) is 26.1 Å². The predicted octanol–water partition coefficient (Wildman–Crippen LogP) is 2.64. The molecule has 0 unspecified atom stereocenters. The normalized spacial score (nSPS) is 17.7. The maximum Gasteiger partial charge on any atom is 0.254 e. The molecular weight excluding hydrogens is 390 g/mol. The van der Waals surface area contributed by atoms with Crippen molar-refractivity contribution in [3.8, 4) is 11.5 Å². The van der Waals surface area contributed by atoms with Crippen LogP contribution in [0.2, 0.25) is 0 Å². The molecule has 146 valence electrons. The highest BCUT2D eigenvalue weighted by atomic mass is 32.2. The molecule has 0 saturated carbocycles. The number of nitrogens with zero attached hydrogens (tertiary/aromatic N) is 2. The van der Waals surface area contributed by atoms with Gasteiger partial charge in [-0.25, -0.2) is 13.4 Å². The second kappa shape index (κ2) is 7.83. The highest BCUT2D eigenvalue weighted by molar-refractivity contribution is 7.91. The van der Waals surface area contributed by atoms with Crippen LogP contribution in [0, 0.1) is 0 Å². The molecule has 10 heteroatoms. The fourth-order valence-corrected chi connectivity index (χ4v) is 6.01. The van der Waals surface area contributed by atoms with Crippen LogP contribution in [0.3, 0.4) is 0 Å². The van der Waals surface area contributed by atoms with Crippen molar-refractivity contribution < 1.29 is 22.7 Å². The van der Waals surface area contributed by atoms with Crippen LogP contribution >= 0.6 is 11.3 Å². The molecule has 1 fully saturated rings. The molecule has 1 N–H and O–H groups in total. The zero-order valence-electron chi connectivity index (χ0n) is 15.3. The van der Waals surface area contributed by atoms with Gasteiger partial charge in [0, 0.05) is 13.5 Å². The van der Waals surface area contributed by atoms with E-state index in [1.165, 1.54) is 17.4 Å². The number of nitrogens with one attached hydrogen (secondary N) is 1. The molecule has 2 heterocycles. The van der Waals surface area contributed by atoms with Crippen molar-refractivity contribution >= 4 is 32.4 Å². The molecule has 1 atom stereocenters. The number of hydrogen-bond donors (Lipinski definition) is 1. The van der Waals surface area contributed by atoms with Crippen LogP contribution in [-0.4, -0.2) is 44.4 Å². The molecule has 0 aliphatic carbocycles. The third kappa shape index (κ3) is 3.92. The van der Waals surface area contributed by atoms with E-state index in [4.69, 9.17) is 9.47 Å². The largest absolute Gasteiger partial charge is 0.493 e. The molecule has 1 aliphatic heterocycles. The summed E-state index contributed by atoms with van der Waals surface area (Å²) in [4.78, 5) is 15.1. The fourth-order valence-electron chi connectivity index (χ4n) is 3.12. The van der Waals surface area contributed by atoms with E-state index in [9.17, 15) is 13.2 Å². The van der Waals surface area contributed by atoms with Gasteiger partial charge < -0.3 is 14.8 Å². The summed E-state index contributed by atoms with van der Waals surface area (Å²) in [6, 6.07) is 5.15. The van der Waals surface area contributed by atoms with Crippen LogP contribution in [0.15, 0.2) is 28.6 Å². The fraction of sp³-hybridized carbons (Fsp3) is 0.412. The van der Waals surface area contributed by atoms with Gasteiger partial charge in [0.25, 0.3) is 10.0 Å². The molecule has 1 aromatic carbocycles. The van der Waals surface area contributed by atoms with Gasteiger partial charge in [0.15, 0.2) is 20.8 Å². The number of carbonyl (C=O) groups excluding carboxylic acids is 1. The van der Waals surface area contributed by atoms with E-state index in [-0.39, 0.29) is 21.3 Å². The standard InChI is InChI=1S/C17H21N3O5S2/c1-11(21)19-17-18-10-16(26-17)27(22,23)20-8-4-5-13(20)12-6-7-14(24-2)15(9-12)25-3/h6-7,9-10,13H,4-5,8H2,1-3H3,(H,18,19,21)/t13-/m1/s1. The number of methoxy groups -OCH3 is 2. The molecule has 0 spiro atoms. The molecule has 1 aliphatic rings. The third-order valence-corrected chi connectivity index (χ3v) is 7.58. The third-order valence-electron chi connectivity index (χ3n) is 4.33. The minimum Gasteiger partial charge on any atom is -0.493 e. The Morgan fingerprint density at radius 2 is 2.04 bits per heavy atom. The maximum atomic E-state index is 13.1. The lowest BCUT2D eigenvalue weighted by atomic mass is 10.0. The smallest absolute Gasteiger partial charge is 0.254 e. The van der Waals surface area contributed by atoms with E-state index in [2.05, 4.69) is 10.3 Å². The highest BCUT2D eigenvalue weighted by Gasteiger charge is 2.37. The Bertz CT molecular complexity index is 942. The Hall–Kier alpha value is -2.17. The zero-order valence-corrected chi connectivity index (χ0v) is 16.9. The molecule has 1 amide bonds. The Labute approximate surface area is 162 Å². The number of amides is 1. The monoisotopic (exact) mass is 411 g/mol. The second-order valence-corrected chi connectivity index (χ2v) is 9.20. The van der Waals surface area contributed by atoms with Crippen molar-refractivity contribution in [3.05, 3.63) is 30.0 Å². The lowest BCUT2D eigenvalue weighted by molar-refractivity contribution is -0.114. The van der Waals surface area contributed by atoms with E-state index >= 15 is 0 Å². The SMILES string of the molecule is COc1ccc([C@H]2CCCN2S(=O)(=O)c2cnc(NC(C)=O)s2)cc1OC. The summed E-state index contributed by atoms with van der Waals surface area (Å²) in [5.74, 6) is 0.860. The summed E-state index contributed by atoms with van der Waals surface area (Å²) >= 11 is 0.949. The van der Waals surface area contributed by atoms with Crippen molar-refractivity contribution in [2.24, 2.45) is 0 Å². The Morgan fingerprint density at radius 1 is 1.30 bits per heavy atom. The van der Waals surface area contributed by atoms with Crippen LogP contribution in [0.4, 0.5) is 5.13 Å². The van der Waals surface area contributed by atoms with Gasteiger partial charge in [-0.15, -0.1) is 0 Å². The van der Waals surface area contributed by atoms with Gasteiger partial charge in [-0.2, -0.15) is 4.31 Å². The lowest BCUT2D eigenvalue weighted by Crippen LogP contribution is -2.30. The number of thiazole rings is 1. The van der Waals surface area contributed by atoms with Crippen molar-refractivity contribution in [1.29, 1.82) is 0 Å². The minimum absolute atomic E-state index is 0.110. The van der Waals surface area contributed by atoms with Crippen LogP contribution in [0.25, 0.3) is 0 Å². The number of ether oxygens (including phenoxy) is 2. The summed E-state index contributed by atoms with van der Waals surface area (Å²) in [6.45, 7) is 1.78. The molecule has 27 heavy (non-hydrogen) atoms. The van der Waals surface area contributed by atoms with Gasteiger partial charge in [-0.3, -0.25) is 4.79 Å². The molecular formula is C17H21N3O5S2. The van der Waals surface area contributed by atoms with E-state index < -0.39 is 10.0 Å². The highest BCUT2D eigenvalue weighted by Crippen LogP contribution is 2.40. The lowest BCUT2D eigenvalue weighted by Gasteiger charge is -2.24. The van der Waals surface area contributed by atoms with Gasteiger partial charge in [0.05, 0.1) is 26.5 Å². The van der Waals surface area contributed by atoms with Gasteiger partial charge in [0.2, 0.25) is 5.91 Å². The Morgan fingerprint density at radius 3 is 2.70 bits per heavy atom. The van der Waals surface area contributed by atoms with E-state index in [0.29, 0.717) is 24.5 Å². The van der Waals surface area contributed by atoms with Crippen molar-refractivity contribution in [1.82, 2.24) is 9.29 Å². The second-order valence-electron chi connectivity index (χ2n) is 6.05. The number of anilines is 1. The topological polar surface area (TPSA) is 97.8 Å². The molecule has 1 saturated heterocycles. The van der Waals surface area contributed by atoms with Crippen LogP contribution in [-0.2, 0) is 14.8 Å². The molecule has 0 radical (unpaired) electrons. The number of carbonyl (C=O) groups is 1. The molecule has 0 bridgehead atoms. The number of benzene rings is 1. The van der Waals surface area contributed by atoms with Crippen LogP contribution in [0.1, 0.15) is 31.4 Å². The van der Waals surface area contributed by atoms with Crippen molar-refractivity contribution in [2.45, 2.75) is 30.0 Å². The summed E-state index contributed by atoms with van der Waals surface area (Å²) in [6.07, 6.45) is 2.76. The summed E-state index contributed by atoms with van der Waals surface area (Å²) < 4.78 is 38.4. The van der Waals surface area contributed by atoms with Gasteiger partial charge in [0.1, 0.15) is 0 Å². The summed E-state index contributed by atoms with van der Waals surface area (Å²) in [5.41, 5.74) is 0.848. The average molecular weight is 412 g/mol. The van der Waals surface area contributed by atoms with Gasteiger partial charge in [-0.1, -0.05) is 17.4 Å². The van der Waals surface area contributed by atoms with E-state index in [0.717, 1.165) is 23.3 Å².